The molecule has 0 aliphatic rings. The van der Waals surface area contributed by atoms with Crippen molar-refractivity contribution in [3.63, 3.8) is 0 Å². The number of halogens is 1. The molecule has 0 fully saturated rings. The number of hydrogen-bond acceptors (Lipinski definition) is 5. The maximum atomic E-state index is 12.2. The molecule has 3 aromatic carbocycles. The lowest BCUT2D eigenvalue weighted by Gasteiger charge is -2.13. The third-order valence-electron chi connectivity index (χ3n) is 4.81. The van der Waals surface area contributed by atoms with Gasteiger partial charge in [-0.3, -0.25) is 4.79 Å². The fourth-order valence-electron chi connectivity index (χ4n) is 2.91. The first-order valence-electron chi connectivity index (χ1n) is 9.93. The molecule has 7 heteroatoms. The van der Waals surface area contributed by atoms with Crippen molar-refractivity contribution in [2.45, 2.75) is 20.8 Å². The van der Waals surface area contributed by atoms with Gasteiger partial charge in [0.05, 0.1) is 16.8 Å². The molecule has 1 N–H and O–H groups in total. The highest BCUT2D eigenvalue weighted by atomic mass is 35.5. The van der Waals surface area contributed by atoms with Crippen molar-refractivity contribution in [1.82, 2.24) is 5.43 Å². The van der Waals surface area contributed by atoms with Crippen LogP contribution in [-0.4, -0.2) is 24.7 Å². The van der Waals surface area contributed by atoms with E-state index in [1.165, 1.54) is 6.21 Å². The Bertz CT molecular complexity index is 1160. The minimum Gasteiger partial charge on any atom is -0.483 e. The molecule has 0 aliphatic heterocycles. The van der Waals surface area contributed by atoms with E-state index in [-0.39, 0.29) is 12.5 Å². The predicted octanol–water partition coefficient (Wildman–Crippen LogP) is 5.01. The smallest absolute Gasteiger partial charge is 0.345 e. The molecule has 0 atom stereocenters. The number of hydrogen-bond donors (Lipinski definition) is 1. The lowest BCUT2D eigenvalue weighted by molar-refractivity contribution is -0.123. The molecule has 0 saturated carbocycles. The molecule has 0 radical (unpaired) electrons. The van der Waals surface area contributed by atoms with Crippen LogP contribution < -0.4 is 14.9 Å². The molecule has 0 spiro atoms. The highest BCUT2D eigenvalue weighted by molar-refractivity contribution is 6.33. The van der Waals surface area contributed by atoms with Gasteiger partial charge in [-0.2, -0.15) is 5.10 Å². The number of ether oxygens (including phenoxy) is 2. The quantitative estimate of drug-likeness (QED) is 0.237. The first-order chi connectivity index (χ1) is 15.3. The van der Waals surface area contributed by atoms with E-state index >= 15 is 0 Å². The molecule has 0 aliphatic carbocycles. The maximum absolute atomic E-state index is 12.2. The molecule has 6 nitrogen and oxygen atoms in total. The van der Waals surface area contributed by atoms with E-state index in [1.807, 2.05) is 32.9 Å². The normalized spacial score (nSPS) is 10.8. The number of aryl methyl sites for hydroxylation is 2. The summed E-state index contributed by atoms with van der Waals surface area (Å²) in [5, 5.41) is 4.26. The van der Waals surface area contributed by atoms with Gasteiger partial charge in [0.2, 0.25) is 0 Å². The van der Waals surface area contributed by atoms with Gasteiger partial charge in [0, 0.05) is 0 Å². The van der Waals surface area contributed by atoms with E-state index in [0.29, 0.717) is 27.6 Å². The second-order valence-electron chi connectivity index (χ2n) is 7.17. The van der Waals surface area contributed by atoms with Crippen LogP contribution in [-0.2, 0) is 4.79 Å². The maximum Gasteiger partial charge on any atom is 0.345 e. The van der Waals surface area contributed by atoms with Crippen LogP contribution in [0.5, 0.6) is 11.5 Å². The van der Waals surface area contributed by atoms with Crippen molar-refractivity contribution in [2.24, 2.45) is 5.10 Å². The van der Waals surface area contributed by atoms with E-state index in [0.717, 1.165) is 16.7 Å². The molecule has 1 amide bonds. The van der Waals surface area contributed by atoms with Crippen LogP contribution in [0.25, 0.3) is 0 Å². The number of amides is 1. The second kappa shape index (κ2) is 10.6. The van der Waals surface area contributed by atoms with E-state index in [4.69, 9.17) is 21.1 Å². The Morgan fingerprint density at radius 3 is 2.38 bits per heavy atom. The van der Waals surface area contributed by atoms with Crippen molar-refractivity contribution in [3.05, 3.63) is 93.5 Å². The average molecular weight is 451 g/mol. The van der Waals surface area contributed by atoms with Crippen molar-refractivity contribution in [3.8, 4) is 11.5 Å². The summed E-state index contributed by atoms with van der Waals surface area (Å²) in [7, 11) is 0. The average Bonchev–Trinajstić information content (AvgIpc) is 2.78. The zero-order valence-corrected chi connectivity index (χ0v) is 18.8. The molecular weight excluding hydrogens is 428 g/mol. The van der Waals surface area contributed by atoms with Gasteiger partial charge in [0.25, 0.3) is 5.91 Å². The van der Waals surface area contributed by atoms with E-state index in [2.05, 4.69) is 10.5 Å². The number of carbonyl (C=O) groups excluding carboxylic acids is 2. The van der Waals surface area contributed by atoms with Gasteiger partial charge in [-0.15, -0.1) is 0 Å². The Hall–Kier alpha value is -3.64. The molecule has 3 aromatic rings. The van der Waals surface area contributed by atoms with Crippen LogP contribution in [0.15, 0.2) is 65.8 Å². The first-order valence-corrected chi connectivity index (χ1v) is 10.3. The lowest BCUT2D eigenvalue weighted by Crippen LogP contribution is -2.25. The molecule has 0 saturated heterocycles. The number of benzene rings is 3. The molecule has 32 heavy (non-hydrogen) atoms. The zero-order valence-electron chi connectivity index (χ0n) is 18.0. The van der Waals surface area contributed by atoms with Crippen LogP contribution in [0.2, 0.25) is 5.02 Å². The van der Waals surface area contributed by atoms with Gasteiger partial charge in [-0.05, 0) is 79.4 Å². The Labute approximate surface area is 191 Å². The Kier molecular flexibility index (Phi) is 7.63. The number of hydrazone groups is 1. The third kappa shape index (κ3) is 5.95. The molecule has 0 aromatic heterocycles. The van der Waals surface area contributed by atoms with Crippen LogP contribution >= 0.6 is 11.6 Å². The standard InChI is InChI=1S/C25H23ClN2O4/c1-16-8-9-17(2)24(18(16)3)31-15-23(29)28-27-14-19-10-12-20(13-11-19)32-25(30)21-6-4-5-7-22(21)26/h4-14H,15H2,1-3H3,(H,28,29)/b27-14+. The number of nitrogens with zero attached hydrogens (tertiary/aromatic N) is 1. The Balaban J connectivity index is 1.51. The summed E-state index contributed by atoms with van der Waals surface area (Å²) in [6.45, 7) is 5.75. The van der Waals surface area contributed by atoms with Gasteiger partial charge in [0.15, 0.2) is 6.61 Å². The van der Waals surface area contributed by atoms with Gasteiger partial charge in [0.1, 0.15) is 11.5 Å². The van der Waals surface area contributed by atoms with Crippen molar-refractivity contribution >= 4 is 29.7 Å². The summed E-state index contributed by atoms with van der Waals surface area (Å²) in [6.07, 6.45) is 1.49. The minimum absolute atomic E-state index is 0.139. The van der Waals surface area contributed by atoms with Crippen molar-refractivity contribution < 1.29 is 19.1 Å². The lowest BCUT2D eigenvalue weighted by atomic mass is 10.1. The summed E-state index contributed by atoms with van der Waals surface area (Å²) in [4.78, 5) is 24.2. The fourth-order valence-corrected chi connectivity index (χ4v) is 3.12. The number of nitrogens with one attached hydrogen (secondary N) is 1. The van der Waals surface area contributed by atoms with E-state index < -0.39 is 5.97 Å². The summed E-state index contributed by atoms with van der Waals surface area (Å²) in [6, 6.07) is 17.3. The van der Waals surface area contributed by atoms with Gasteiger partial charge in [-0.25, -0.2) is 10.2 Å². The van der Waals surface area contributed by atoms with Crippen LogP contribution in [0, 0.1) is 20.8 Å². The second-order valence-corrected chi connectivity index (χ2v) is 7.58. The molecule has 0 bridgehead atoms. The molecule has 0 heterocycles. The van der Waals surface area contributed by atoms with Gasteiger partial charge < -0.3 is 9.47 Å². The van der Waals surface area contributed by atoms with Crippen molar-refractivity contribution in [1.29, 1.82) is 0 Å². The first kappa shape index (κ1) is 23.0. The van der Waals surface area contributed by atoms with Crippen LogP contribution in [0.4, 0.5) is 0 Å². The molecule has 3 rings (SSSR count). The topological polar surface area (TPSA) is 77.0 Å². The SMILES string of the molecule is Cc1ccc(C)c(OCC(=O)N/N=C/c2ccc(OC(=O)c3ccccc3Cl)cc2)c1C. The Morgan fingerprint density at radius 1 is 0.969 bits per heavy atom. The van der Waals surface area contributed by atoms with Crippen LogP contribution in [0.3, 0.4) is 0 Å². The predicted molar refractivity (Wildman–Crippen MR) is 125 cm³/mol. The van der Waals surface area contributed by atoms with Gasteiger partial charge in [-0.1, -0.05) is 35.9 Å². The van der Waals surface area contributed by atoms with Crippen molar-refractivity contribution in [2.75, 3.05) is 6.61 Å². The zero-order chi connectivity index (χ0) is 23.1. The highest BCUT2D eigenvalue weighted by Gasteiger charge is 2.12. The number of carbonyl (C=O) groups is 2. The highest BCUT2D eigenvalue weighted by Crippen LogP contribution is 2.25. The fraction of sp³-hybridized carbons (Fsp3) is 0.160. The van der Waals surface area contributed by atoms with Gasteiger partial charge >= 0.3 is 5.97 Å². The minimum atomic E-state index is -0.539. The molecule has 0 unspecified atom stereocenters. The van der Waals surface area contributed by atoms with E-state index in [9.17, 15) is 9.59 Å². The Morgan fingerprint density at radius 2 is 1.66 bits per heavy atom. The molecular formula is C25H23ClN2O4. The number of esters is 1. The monoisotopic (exact) mass is 450 g/mol. The summed E-state index contributed by atoms with van der Waals surface area (Å²) < 4.78 is 11.0. The number of rotatable bonds is 7. The summed E-state index contributed by atoms with van der Waals surface area (Å²) in [5.74, 6) is 0.176. The summed E-state index contributed by atoms with van der Waals surface area (Å²) >= 11 is 6.01. The molecule has 164 valence electrons. The largest absolute Gasteiger partial charge is 0.483 e. The van der Waals surface area contributed by atoms with E-state index in [1.54, 1.807) is 48.5 Å². The van der Waals surface area contributed by atoms with Crippen LogP contribution in [0.1, 0.15) is 32.6 Å². The summed E-state index contributed by atoms with van der Waals surface area (Å²) in [5.41, 5.74) is 6.53. The third-order valence-corrected chi connectivity index (χ3v) is 5.14.